The molecule has 4 nitrogen and oxygen atoms in total. The van der Waals surface area contributed by atoms with Gasteiger partial charge in [0, 0.05) is 37.0 Å². The number of nitrogens with one attached hydrogen (secondary N) is 1. The Kier molecular flexibility index (Phi) is 5.26. The van der Waals surface area contributed by atoms with Gasteiger partial charge in [-0.1, -0.05) is 30.3 Å². The van der Waals surface area contributed by atoms with Crippen molar-refractivity contribution < 1.29 is 9.90 Å². The summed E-state index contributed by atoms with van der Waals surface area (Å²) in [5.74, 6) is -0.00161. The zero-order chi connectivity index (χ0) is 14.2. The van der Waals surface area contributed by atoms with Crippen molar-refractivity contribution in [3.05, 3.63) is 66.0 Å². The van der Waals surface area contributed by atoms with E-state index in [-0.39, 0.29) is 18.4 Å². The summed E-state index contributed by atoms with van der Waals surface area (Å²) in [4.78, 5) is 15.9. The Morgan fingerprint density at radius 2 is 1.85 bits per heavy atom. The Labute approximate surface area is 118 Å². The fourth-order valence-electron chi connectivity index (χ4n) is 2.09. The first-order valence-corrected chi connectivity index (χ1v) is 6.65. The molecule has 1 aromatic heterocycles. The molecule has 1 atom stereocenters. The first kappa shape index (κ1) is 14.2. The topological polar surface area (TPSA) is 62.2 Å². The van der Waals surface area contributed by atoms with Gasteiger partial charge in [0.15, 0.2) is 0 Å². The quantitative estimate of drug-likeness (QED) is 0.843. The van der Waals surface area contributed by atoms with Crippen LogP contribution >= 0.6 is 0 Å². The predicted molar refractivity (Wildman–Crippen MR) is 77.5 cm³/mol. The number of hydrogen-bond acceptors (Lipinski definition) is 3. The number of benzene rings is 1. The second-order valence-corrected chi connectivity index (χ2v) is 4.57. The lowest BCUT2D eigenvalue weighted by Gasteiger charge is -2.17. The summed E-state index contributed by atoms with van der Waals surface area (Å²) >= 11 is 0. The number of aliphatic hydroxyl groups is 1. The van der Waals surface area contributed by atoms with Gasteiger partial charge in [0.2, 0.25) is 0 Å². The molecule has 0 aliphatic carbocycles. The average Bonchev–Trinajstić information content (AvgIpc) is 2.53. The maximum absolute atomic E-state index is 12.0. The fourth-order valence-corrected chi connectivity index (χ4v) is 2.09. The molecule has 0 aliphatic heterocycles. The summed E-state index contributed by atoms with van der Waals surface area (Å²) in [6.45, 7) is 0.608. The Balaban J connectivity index is 1.98. The molecule has 1 aromatic carbocycles. The number of rotatable bonds is 6. The molecule has 0 saturated heterocycles. The van der Waals surface area contributed by atoms with Crippen LogP contribution < -0.4 is 5.32 Å². The van der Waals surface area contributed by atoms with Crippen LogP contribution in [0.25, 0.3) is 0 Å². The SMILES string of the molecule is O=C(NCC(CCO)c1ccccc1)c1ccncc1. The molecule has 4 heteroatoms. The van der Waals surface area contributed by atoms with E-state index in [1.807, 2.05) is 30.3 Å². The maximum atomic E-state index is 12.0. The third-order valence-electron chi connectivity index (χ3n) is 3.20. The normalized spacial score (nSPS) is 11.8. The van der Waals surface area contributed by atoms with Gasteiger partial charge in [-0.05, 0) is 24.1 Å². The van der Waals surface area contributed by atoms with Crippen molar-refractivity contribution in [1.82, 2.24) is 10.3 Å². The third kappa shape index (κ3) is 3.90. The number of nitrogens with zero attached hydrogens (tertiary/aromatic N) is 1. The van der Waals surface area contributed by atoms with Gasteiger partial charge in [0.05, 0.1) is 0 Å². The van der Waals surface area contributed by atoms with E-state index in [1.165, 1.54) is 0 Å². The molecule has 2 rings (SSSR count). The molecule has 0 spiro atoms. The Morgan fingerprint density at radius 1 is 1.15 bits per heavy atom. The van der Waals surface area contributed by atoms with Crippen LogP contribution in [-0.4, -0.2) is 29.1 Å². The Hall–Kier alpha value is -2.20. The molecule has 2 N–H and O–H groups in total. The summed E-state index contributed by atoms with van der Waals surface area (Å²) in [5.41, 5.74) is 1.72. The summed E-state index contributed by atoms with van der Waals surface area (Å²) in [6.07, 6.45) is 3.81. The Bertz CT molecular complexity index is 529. The highest BCUT2D eigenvalue weighted by Crippen LogP contribution is 2.18. The third-order valence-corrected chi connectivity index (χ3v) is 3.20. The number of aromatic nitrogens is 1. The van der Waals surface area contributed by atoms with Crippen LogP contribution in [0.1, 0.15) is 28.3 Å². The zero-order valence-corrected chi connectivity index (χ0v) is 11.2. The largest absolute Gasteiger partial charge is 0.396 e. The lowest BCUT2D eigenvalue weighted by molar-refractivity contribution is 0.0949. The first-order valence-electron chi connectivity index (χ1n) is 6.65. The minimum absolute atomic E-state index is 0.102. The number of carbonyl (C=O) groups is 1. The van der Waals surface area contributed by atoms with Crippen molar-refractivity contribution in [3.63, 3.8) is 0 Å². The molecule has 20 heavy (non-hydrogen) atoms. The number of pyridine rings is 1. The second kappa shape index (κ2) is 7.40. The monoisotopic (exact) mass is 270 g/mol. The maximum Gasteiger partial charge on any atom is 0.251 e. The molecule has 1 amide bonds. The van der Waals surface area contributed by atoms with E-state index in [0.717, 1.165) is 5.56 Å². The molecule has 0 radical (unpaired) electrons. The lowest BCUT2D eigenvalue weighted by Crippen LogP contribution is -2.28. The average molecular weight is 270 g/mol. The van der Waals surface area contributed by atoms with Gasteiger partial charge < -0.3 is 10.4 Å². The molecule has 1 heterocycles. The molecule has 0 aliphatic rings. The van der Waals surface area contributed by atoms with Gasteiger partial charge in [0.25, 0.3) is 5.91 Å². The van der Waals surface area contributed by atoms with Crippen LogP contribution in [0.3, 0.4) is 0 Å². The molecule has 0 bridgehead atoms. The molecular formula is C16H18N2O2. The van der Waals surface area contributed by atoms with Crippen LogP contribution in [0.5, 0.6) is 0 Å². The van der Waals surface area contributed by atoms with E-state index in [1.54, 1.807) is 24.5 Å². The van der Waals surface area contributed by atoms with Gasteiger partial charge in [-0.15, -0.1) is 0 Å². The van der Waals surface area contributed by atoms with E-state index in [2.05, 4.69) is 10.3 Å². The van der Waals surface area contributed by atoms with E-state index in [4.69, 9.17) is 5.11 Å². The summed E-state index contributed by atoms with van der Waals surface area (Å²) < 4.78 is 0. The van der Waals surface area contributed by atoms with Crippen LogP contribution in [0.15, 0.2) is 54.9 Å². The van der Waals surface area contributed by atoms with Gasteiger partial charge in [-0.25, -0.2) is 0 Å². The minimum atomic E-state index is -0.119. The molecule has 1 unspecified atom stereocenters. The van der Waals surface area contributed by atoms with E-state index in [0.29, 0.717) is 18.5 Å². The van der Waals surface area contributed by atoms with E-state index >= 15 is 0 Å². The number of amides is 1. The number of carbonyl (C=O) groups excluding carboxylic acids is 1. The fraction of sp³-hybridized carbons (Fsp3) is 0.250. The molecule has 104 valence electrons. The van der Waals surface area contributed by atoms with Gasteiger partial charge >= 0.3 is 0 Å². The second-order valence-electron chi connectivity index (χ2n) is 4.57. The smallest absolute Gasteiger partial charge is 0.251 e. The van der Waals surface area contributed by atoms with E-state index in [9.17, 15) is 4.79 Å². The predicted octanol–water partition coefficient (Wildman–Crippen LogP) is 1.98. The number of aliphatic hydroxyl groups excluding tert-OH is 1. The summed E-state index contributed by atoms with van der Waals surface area (Å²) in [6, 6.07) is 13.3. The van der Waals surface area contributed by atoms with Gasteiger partial charge in [-0.3, -0.25) is 9.78 Å². The zero-order valence-electron chi connectivity index (χ0n) is 11.2. The molecule has 0 saturated carbocycles. The highest BCUT2D eigenvalue weighted by atomic mass is 16.3. The van der Waals surface area contributed by atoms with Crippen molar-refractivity contribution in [3.8, 4) is 0 Å². The van der Waals surface area contributed by atoms with Crippen LogP contribution in [0, 0.1) is 0 Å². The Morgan fingerprint density at radius 3 is 2.50 bits per heavy atom. The first-order chi connectivity index (χ1) is 9.81. The van der Waals surface area contributed by atoms with Crippen LogP contribution in [-0.2, 0) is 0 Å². The van der Waals surface area contributed by atoms with Crippen molar-refractivity contribution in [2.24, 2.45) is 0 Å². The van der Waals surface area contributed by atoms with Gasteiger partial charge in [-0.2, -0.15) is 0 Å². The van der Waals surface area contributed by atoms with Crippen molar-refractivity contribution in [2.75, 3.05) is 13.2 Å². The molecular weight excluding hydrogens is 252 g/mol. The molecule has 0 fully saturated rings. The summed E-state index contributed by atoms with van der Waals surface area (Å²) in [5, 5.41) is 12.1. The van der Waals surface area contributed by atoms with Crippen LogP contribution in [0.2, 0.25) is 0 Å². The van der Waals surface area contributed by atoms with E-state index < -0.39 is 0 Å². The lowest BCUT2D eigenvalue weighted by atomic mass is 9.96. The standard InChI is InChI=1S/C16H18N2O2/c19-11-8-15(13-4-2-1-3-5-13)12-18-16(20)14-6-9-17-10-7-14/h1-7,9-10,15,19H,8,11-12H2,(H,18,20). The minimum Gasteiger partial charge on any atom is -0.396 e. The number of hydrogen-bond donors (Lipinski definition) is 2. The summed E-state index contributed by atoms with van der Waals surface area (Å²) in [7, 11) is 0. The van der Waals surface area contributed by atoms with Crippen molar-refractivity contribution >= 4 is 5.91 Å². The highest BCUT2D eigenvalue weighted by molar-refractivity contribution is 5.93. The molecule has 2 aromatic rings. The van der Waals surface area contributed by atoms with Gasteiger partial charge in [0.1, 0.15) is 0 Å². The highest BCUT2D eigenvalue weighted by Gasteiger charge is 2.13. The van der Waals surface area contributed by atoms with Crippen molar-refractivity contribution in [2.45, 2.75) is 12.3 Å². The van der Waals surface area contributed by atoms with Crippen molar-refractivity contribution in [1.29, 1.82) is 0 Å². The van der Waals surface area contributed by atoms with Crippen LogP contribution in [0.4, 0.5) is 0 Å².